The van der Waals surface area contributed by atoms with Crippen LogP contribution in [0.15, 0.2) is 4.88 Å². The fraction of sp³-hybridized carbons (Fsp3) is 1.00. The van der Waals surface area contributed by atoms with Crippen LogP contribution in [0.1, 0.15) is 41.5 Å². The van der Waals surface area contributed by atoms with Gasteiger partial charge in [-0.05, 0) is 10.4 Å². The molecule has 0 aromatic heterocycles. The number of hydrogen-bond donors (Lipinski definition) is 0. The van der Waals surface area contributed by atoms with Gasteiger partial charge in [-0.15, -0.1) is 0 Å². The third-order valence-electron chi connectivity index (χ3n) is 1.98. The number of azide groups is 1. The van der Waals surface area contributed by atoms with E-state index in [9.17, 15) is 4.57 Å². The Bertz CT molecular complexity index is 261. The van der Waals surface area contributed by atoms with Crippen LogP contribution < -0.4 is 0 Å². The highest BCUT2D eigenvalue weighted by Crippen LogP contribution is 2.67. The minimum atomic E-state index is -2.88. The third-order valence-corrected chi connectivity index (χ3v) is 5.95. The molecule has 0 spiro atoms. The van der Waals surface area contributed by atoms with Crippen LogP contribution in [-0.4, -0.2) is 10.3 Å². The lowest BCUT2D eigenvalue weighted by molar-refractivity contribution is 0.518. The third kappa shape index (κ3) is 2.26. The molecule has 0 heterocycles. The molecule has 0 aromatic rings. The molecule has 0 atom stereocenters. The standard InChI is InChI=1S/C8H18N3OP/c1-7(2,3)13(12,11-10-9)8(4,5)6/h1-6H3. The van der Waals surface area contributed by atoms with Crippen LogP contribution in [0.4, 0.5) is 0 Å². The van der Waals surface area contributed by atoms with Gasteiger partial charge in [0.25, 0.3) is 0 Å². The van der Waals surface area contributed by atoms with Crippen LogP contribution in [0.3, 0.4) is 0 Å². The second kappa shape index (κ2) is 3.36. The zero-order valence-corrected chi connectivity index (χ0v) is 10.1. The maximum absolute atomic E-state index is 12.4. The lowest BCUT2D eigenvalue weighted by Gasteiger charge is -2.37. The average molecular weight is 203 g/mol. The highest BCUT2D eigenvalue weighted by molar-refractivity contribution is 7.65. The van der Waals surface area contributed by atoms with Crippen molar-refractivity contribution >= 4 is 7.29 Å². The zero-order chi connectivity index (χ0) is 10.9. The van der Waals surface area contributed by atoms with Crippen molar-refractivity contribution in [2.45, 2.75) is 51.9 Å². The molecule has 0 radical (unpaired) electrons. The Kier molecular flexibility index (Phi) is 3.24. The quantitative estimate of drug-likeness (QED) is 0.273. The lowest BCUT2D eigenvalue weighted by atomic mass is 10.2. The first kappa shape index (κ1) is 12.5. The summed E-state index contributed by atoms with van der Waals surface area (Å²) in [7, 11) is -2.88. The van der Waals surface area contributed by atoms with Gasteiger partial charge in [0.15, 0.2) is 7.29 Å². The Labute approximate surface area is 79.8 Å². The molecule has 0 fully saturated rings. The summed E-state index contributed by atoms with van der Waals surface area (Å²) in [6.45, 7) is 11.0. The van der Waals surface area contributed by atoms with Crippen LogP contribution >= 0.6 is 7.29 Å². The van der Waals surface area contributed by atoms with E-state index in [0.717, 1.165) is 0 Å². The van der Waals surface area contributed by atoms with Crippen LogP contribution in [0.5, 0.6) is 0 Å². The van der Waals surface area contributed by atoms with Gasteiger partial charge in [0.2, 0.25) is 0 Å². The molecular formula is C8H18N3OP. The molecule has 5 heteroatoms. The Balaban J connectivity index is 5.49. The summed E-state index contributed by atoms with van der Waals surface area (Å²) in [6.07, 6.45) is 0. The van der Waals surface area contributed by atoms with Gasteiger partial charge in [-0.25, -0.2) is 0 Å². The van der Waals surface area contributed by atoms with Crippen molar-refractivity contribution in [3.8, 4) is 0 Å². The number of rotatable bonds is 1. The minimum absolute atomic E-state index is 0.475. The monoisotopic (exact) mass is 203 g/mol. The first-order valence-electron chi connectivity index (χ1n) is 4.23. The highest BCUT2D eigenvalue weighted by atomic mass is 31.2. The Morgan fingerprint density at radius 2 is 1.38 bits per heavy atom. The van der Waals surface area contributed by atoms with Gasteiger partial charge in [-0.1, -0.05) is 41.5 Å². The molecular weight excluding hydrogens is 185 g/mol. The Morgan fingerprint density at radius 1 is 1.08 bits per heavy atom. The molecule has 0 aromatic carbocycles. The van der Waals surface area contributed by atoms with Crippen molar-refractivity contribution in [3.63, 3.8) is 0 Å². The van der Waals surface area contributed by atoms with E-state index in [1.807, 2.05) is 41.5 Å². The van der Waals surface area contributed by atoms with Crippen LogP contribution in [0, 0.1) is 0 Å². The minimum Gasteiger partial charge on any atom is -0.316 e. The summed E-state index contributed by atoms with van der Waals surface area (Å²) in [4.78, 5) is 6.24. The first-order chi connectivity index (χ1) is 5.56. The number of nitrogens with zero attached hydrogens (tertiary/aromatic N) is 3. The fourth-order valence-electron chi connectivity index (χ4n) is 1.33. The molecule has 76 valence electrons. The van der Waals surface area contributed by atoms with E-state index in [-0.39, 0.29) is 0 Å². The maximum Gasteiger partial charge on any atom is 0.183 e. The van der Waals surface area contributed by atoms with Crippen molar-refractivity contribution in [3.05, 3.63) is 10.4 Å². The SMILES string of the molecule is CC(C)(C)P(=O)(N=[N+]=[N-])C(C)(C)C. The summed E-state index contributed by atoms with van der Waals surface area (Å²) in [6, 6.07) is 0. The molecule has 0 saturated heterocycles. The topological polar surface area (TPSA) is 65.8 Å². The van der Waals surface area contributed by atoms with Gasteiger partial charge < -0.3 is 4.57 Å². The zero-order valence-electron chi connectivity index (χ0n) is 9.20. The molecule has 0 saturated carbocycles. The largest absolute Gasteiger partial charge is 0.316 e. The predicted molar refractivity (Wildman–Crippen MR) is 56.3 cm³/mol. The van der Waals surface area contributed by atoms with E-state index in [1.165, 1.54) is 0 Å². The van der Waals surface area contributed by atoms with Gasteiger partial charge in [-0.3, -0.25) is 0 Å². The van der Waals surface area contributed by atoms with E-state index in [1.54, 1.807) is 0 Å². The normalized spacial score (nSPS) is 13.7. The molecule has 0 aliphatic carbocycles. The summed E-state index contributed by atoms with van der Waals surface area (Å²) in [5, 5.41) is -0.949. The van der Waals surface area contributed by atoms with E-state index in [2.05, 4.69) is 9.80 Å². The first-order valence-corrected chi connectivity index (χ1v) is 5.89. The molecule has 0 bridgehead atoms. The van der Waals surface area contributed by atoms with Gasteiger partial charge in [0, 0.05) is 15.2 Å². The number of hydrogen-bond acceptors (Lipinski definition) is 1. The molecule has 0 N–H and O–H groups in total. The van der Waals surface area contributed by atoms with Gasteiger partial charge in [0.1, 0.15) is 0 Å². The molecule has 0 amide bonds. The van der Waals surface area contributed by atoms with Crippen LogP contribution in [-0.2, 0) is 4.57 Å². The smallest absolute Gasteiger partial charge is 0.183 e. The summed E-state index contributed by atoms with van der Waals surface area (Å²) in [5.41, 5.74) is 8.41. The fourth-order valence-corrected chi connectivity index (χ4v) is 3.99. The van der Waals surface area contributed by atoms with Crippen molar-refractivity contribution in [1.29, 1.82) is 0 Å². The lowest BCUT2D eigenvalue weighted by Crippen LogP contribution is -2.26. The Hall–Kier alpha value is -0.460. The van der Waals surface area contributed by atoms with Crippen molar-refractivity contribution in [1.82, 2.24) is 0 Å². The second-order valence-corrected chi connectivity index (χ2v) is 9.11. The summed E-state index contributed by atoms with van der Waals surface area (Å²) >= 11 is 0. The van der Waals surface area contributed by atoms with Crippen molar-refractivity contribution in [2.24, 2.45) is 4.88 Å². The second-order valence-electron chi connectivity index (χ2n) is 5.10. The molecule has 0 rings (SSSR count). The van der Waals surface area contributed by atoms with E-state index >= 15 is 0 Å². The predicted octanol–water partition coefficient (Wildman–Crippen LogP) is 4.17. The van der Waals surface area contributed by atoms with Crippen molar-refractivity contribution < 1.29 is 4.57 Å². The summed E-state index contributed by atoms with van der Waals surface area (Å²) < 4.78 is 12.4. The molecule has 4 nitrogen and oxygen atoms in total. The Morgan fingerprint density at radius 3 is 1.46 bits per heavy atom. The summed E-state index contributed by atoms with van der Waals surface area (Å²) in [5.74, 6) is 0. The van der Waals surface area contributed by atoms with Crippen LogP contribution in [0.2, 0.25) is 0 Å². The van der Waals surface area contributed by atoms with E-state index in [0.29, 0.717) is 0 Å². The van der Waals surface area contributed by atoms with Gasteiger partial charge in [0.05, 0.1) is 0 Å². The average Bonchev–Trinajstić information content (AvgIpc) is 1.82. The molecule has 0 unspecified atom stereocenters. The van der Waals surface area contributed by atoms with Crippen molar-refractivity contribution in [2.75, 3.05) is 0 Å². The van der Waals surface area contributed by atoms with Crippen LogP contribution in [0.25, 0.3) is 10.4 Å². The highest BCUT2D eigenvalue weighted by Gasteiger charge is 2.45. The van der Waals surface area contributed by atoms with E-state index in [4.69, 9.17) is 5.53 Å². The van der Waals surface area contributed by atoms with E-state index < -0.39 is 17.6 Å². The maximum atomic E-state index is 12.4. The van der Waals surface area contributed by atoms with Gasteiger partial charge in [-0.2, -0.15) is 0 Å². The van der Waals surface area contributed by atoms with Gasteiger partial charge >= 0.3 is 0 Å². The molecule has 0 aliphatic heterocycles. The molecule has 0 aliphatic rings. The molecule has 13 heavy (non-hydrogen) atoms.